The summed E-state index contributed by atoms with van der Waals surface area (Å²) < 4.78 is 4.18. The van der Waals surface area contributed by atoms with Gasteiger partial charge in [0, 0.05) is 18.2 Å². The largest absolute Gasteiger partial charge is 0.478 e. The third-order valence-electron chi connectivity index (χ3n) is 3.57. The van der Waals surface area contributed by atoms with Gasteiger partial charge in [0.05, 0.1) is 51.5 Å². The lowest BCUT2D eigenvalue weighted by atomic mass is 9.93. The van der Waals surface area contributed by atoms with Crippen molar-refractivity contribution in [2.75, 3.05) is 46.1 Å². The van der Waals surface area contributed by atoms with E-state index in [-0.39, 0.29) is 0 Å². The molecule has 17 heteroatoms. The summed E-state index contributed by atoms with van der Waals surface area (Å²) in [5.74, 6) is -2.94. The van der Waals surface area contributed by atoms with E-state index in [0.29, 0.717) is 19.7 Å². The maximum atomic E-state index is 9.63. The zero-order chi connectivity index (χ0) is 34.2. The van der Waals surface area contributed by atoms with Crippen LogP contribution < -0.4 is 5.73 Å². The first-order valence-corrected chi connectivity index (χ1v) is 11.7. The highest BCUT2D eigenvalue weighted by Crippen LogP contribution is 2.11. The second kappa shape index (κ2) is 43.5. The van der Waals surface area contributed by atoms with Crippen molar-refractivity contribution in [3.8, 4) is 0 Å². The number of primary amides is 1. The quantitative estimate of drug-likeness (QED) is 0.0526. The number of rotatable bonds is 15. The van der Waals surface area contributed by atoms with E-state index in [0.717, 1.165) is 43.9 Å². The molecule has 242 valence electrons. The average molecular weight is 610 g/mol. The van der Waals surface area contributed by atoms with E-state index in [2.05, 4.69) is 40.2 Å². The van der Waals surface area contributed by atoms with Crippen LogP contribution in [0.4, 0.5) is 4.79 Å². The molecule has 0 radical (unpaired) electrons. The van der Waals surface area contributed by atoms with Crippen LogP contribution in [0.25, 0.3) is 0 Å². The van der Waals surface area contributed by atoms with Crippen LogP contribution >= 0.6 is 0 Å². The highest BCUT2D eigenvalue weighted by Gasteiger charge is 2.26. The van der Waals surface area contributed by atoms with Crippen LogP contribution in [0.5, 0.6) is 0 Å². The fourth-order valence-corrected chi connectivity index (χ4v) is 1.27. The minimum absolute atomic E-state index is 0.356. The lowest BCUT2D eigenvalue weighted by molar-refractivity contribution is -0.132. The number of aliphatic imine (C=N–C) groups is 2. The highest BCUT2D eigenvalue weighted by molar-refractivity contribution is 5.79. The highest BCUT2D eigenvalue weighted by atomic mass is 16.5. The number of nitrogens with zero attached hydrogens (tertiary/aromatic N) is 2. The summed E-state index contributed by atoms with van der Waals surface area (Å²) in [5.41, 5.74) is 3.43. The van der Waals surface area contributed by atoms with Crippen molar-refractivity contribution < 1.29 is 69.2 Å². The van der Waals surface area contributed by atoms with Crippen molar-refractivity contribution in [1.82, 2.24) is 0 Å². The minimum atomic E-state index is -1.11. The van der Waals surface area contributed by atoms with E-state index in [4.69, 9.17) is 35.7 Å². The van der Waals surface area contributed by atoms with Gasteiger partial charge in [0.25, 0.3) is 0 Å². The van der Waals surface area contributed by atoms with Crippen LogP contribution in [0, 0.1) is 5.41 Å². The lowest BCUT2D eigenvalue weighted by Gasteiger charge is -2.23. The summed E-state index contributed by atoms with van der Waals surface area (Å²) in [5, 5.41) is 56.8. The molecule has 0 atom stereocenters. The van der Waals surface area contributed by atoms with Crippen molar-refractivity contribution in [1.29, 1.82) is 0 Å². The molecule has 0 aromatic rings. The Balaban J connectivity index is -0.0000000965. The summed E-state index contributed by atoms with van der Waals surface area (Å²) in [4.78, 5) is 63.4. The molecule has 1 amide bonds. The number of hydrogen-bond donors (Lipinski definition) is 8. The Morgan fingerprint density at radius 1 is 0.714 bits per heavy atom. The molecule has 0 aromatic carbocycles. The van der Waals surface area contributed by atoms with Crippen LogP contribution in [0.2, 0.25) is 0 Å². The molecule has 0 aliphatic rings. The van der Waals surface area contributed by atoms with Gasteiger partial charge < -0.3 is 46.2 Å². The Morgan fingerprint density at radius 3 is 1.07 bits per heavy atom. The van der Waals surface area contributed by atoms with Gasteiger partial charge in [0.2, 0.25) is 12.2 Å². The van der Waals surface area contributed by atoms with Gasteiger partial charge in [-0.05, 0) is 19.8 Å². The number of aliphatic hydroxyl groups excluding tert-OH is 4. The molecular weight excluding hydrogens is 566 g/mol. The van der Waals surface area contributed by atoms with Gasteiger partial charge in [-0.25, -0.2) is 38.8 Å². The monoisotopic (exact) mass is 609 g/mol. The first-order valence-electron chi connectivity index (χ1n) is 11.7. The molecule has 42 heavy (non-hydrogen) atoms. The van der Waals surface area contributed by atoms with Crippen LogP contribution in [-0.4, -0.2) is 118 Å². The first-order chi connectivity index (χ1) is 19.7. The molecule has 0 fully saturated rings. The molecule has 0 saturated heterocycles. The van der Waals surface area contributed by atoms with Gasteiger partial charge in [0.15, 0.2) is 0 Å². The first kappa shape index (κ1) is 50.3. The fraction of sp³-hybridized carbons (Fsp3) is 0.520. The number of carboxylic acids is 3. The maximum Gasteiger partial charge on any atom is 0.404 e. The van der Waals surface area contributed by atoms with Crippen LogP contribution in [0.3, 0.4) is 0 Å². The van der Waals surface area contributed by atoms with Crippen molar-refractivity contribution in [2.45, 2.75) is 32.6 Å². The van der Waals surface area contributed by atoms with Crippen molar-refractivity contribution in [3.05, 3.63) is 38.0 Å². The molecule has 0 bridgehead atoms. The SMILES string of the molecule is C=CC(=O)O.C=CC(=O)O.C=CC(=O)O.CCOC(N)=O.O=C=NCCCCCCN=C=O.OCC(CO)(CO)CO. The second-order valence-corrected chi connectivity index (χ2v) is 6.87. The number of hydrogen-bond acceptors (Lipinski definition) is 13. The van der Waals surface area contributed by atoms with Gasteiger partial charge in [-0.15, -0.1) is 0 Å². The average Bonchev–Trinajstić information content (AvgIpc) is 2.97. The van der Waals surface area contributed by atoms with Gasteiger partial charge >= 0.3 is 24.0 Å². The molecule has 0 saturated carbocycles. The molecule has 0 unspecified atom stereocenters. The Kier molecular flexibility index (Phi) is 52.2. The Hall–Kier alpha value is -4.50. The van der Waals surface area contributed by atoms with Crippen molar-refractivity contribution in [3.63, 3.8) is 0 Å². The van der Waals surface area contributed by atoms with Gasteiger partial charge in [0.1, 0.15) is 0 Å². The van der Waals surface area contributed by atoms with Crippen LogP contribution in [0.15, 0.2) is 47.9 Å². The molecule has 0 heterocycles. The van der Waals surface area contributed by atoms with Gasteiger partial charge in [-0.2, -0.15) is 0 Å². The number of aliphatic carboxylic acids is 3. The summed E-state index contributed by atoms with van der Waals surface area (Å²) in [7, 11) is 0. The number of amides is 1. The lowest BCUT2D eigenvalue weighted by Crippen LogP contribution is -2.37. The fourth-order valence-electron chi connectivity index (χ4n) is 1.27. The molecule has 9 N–H and O–H groups in total. The van der Waals surface area contributed by atoms with Gasteiger partial charge in [-0.1, -0.05) is 32.6 Å². The molecule has 0 rings (SSSR count). The van der Waals surface area contributed by atoms with E-state index < -0.39 is 55.8 Å². The van der Waals surface area contributed by atoms with E-state index in [1.807, 2.05) is 0 Å². The molecule has 0 spiro atoms. The zero-order valence-electron chi connectivity index (χ0n) is 23.6. The van der Waals surface area contributed by atoms with E-state index in [1.54, 1.807) is 6.92 Å². The maximum absolute atomic E-state index is 9.63. The van der Waals surface area contributed by atoms with Crippen LogP contribution in [0.1, 0.15) is 32.6 Å². The minimum Gasteiger partial charge on any atom is -0.478 e. The predicted molar refractivity (Wildman–Crippen MR) is 150 cm³/mol. The Morgan fingerprint density at radius 2 is 0.976 bits per heavy atom. The van der Waals surface area contributed by atoms with Crippen molar-refractivity contribution in [2.24, 2.45) is 21.1 Å². The van der Waals surface area contributed by atoms with E-state index >= 15 is 0 Å². The summed E-state index contributed by atoms with van der Waals surface area (Å²) in [6.07, 6.45) is 8.59. The van der Waals surface area contributed by atoms with Crippen LogP contribution in [-0.2, 0) is 28.7 Å². The van der Waals surface area contributed by atoms with Crippen molar-refractivity contribution >= 4 is 36.2 Å². The number of isocyanates is 2. The summed E-state index contributed by atoms with van der Waals surface area (Å²) in [6, 6.07) is 0. The predicted octanol–water partition coefficient (Wildman–Crippen LogP) is 0.0330. The number of carboxylic acid groups (broad SMARTS) is 3. The third kappa shape index (κ3) is 65.0. The normalized spacial score (nSPS) is 8.31. The number of nitrogens with two attached hydrogens (primary N) is 1. The molecule has 0 aromatic heterocycles. The number of unbranched alkanes of at least 4 members (excludes halogenated alkanes) is 3. The van der Waals surface area contributed by atoms with E-state index in [1.165, 1.54) is 12.2 Å². The smallest absolute Gasteiger partial charge is 0.404 e. The summed E-state index contributed by atoms with van der Waals surface area (Å²) in [6.45, 7) is 10.4. The standard InChI is InChI=1S/C8H12N2O2.C5H12O4.C3H7NO2.3C3H4O2/c11-7-9-5-3-1-2-4-6-10-8-12;6-1-5(2-7,3-8)4-9;1-2-6-3(4)5;3*1-2-3(4)5/h1-6H2;6-9H,1-4H2;2H2,1H3,(H2,4,5);3*2H,1H2,(H,4,5). The number of aliphatic hydroxyl groups is 4. The zero-order valence-corrected chi connectivity index (χ0v) is 23.6. The molecular formula is C25H43N3O14. The number of carbonyl (C=O) groups excluding carboxylic acids is 3. The number of carbonyl (C=O) groups is 4. The molecule has 17 nitrogen and oxygen atoms in total. The van der Waals surface area contributed by atoms with Gasteiger partial charge in [-0.3, -0.25) is 0 Å². The number of ether oxygens (including phenoxy) is 1. The Labute approximate surface area is 243 Å². The summed E-state index contributed by atoms with van der Waals surface area (Å²) >= 11 is 0. The second-order valence-electron chi connectivity index (χ2n) is 6.87. The topological polar surface area (TPSA) is 304 Å². The van der Waals surface area contributed by atoms with E-state index in [9.17, 15) is 28.8 Å². The molecule has 0 aliphatic carbocycles. The molecule has 0 aliphatic heterocycles. The Bertz CT molecular complexity index is 735. The third-order valence-corrected chi connectivity index (χ3v) is 3.57.